The molecular formula is C8H5Cl2N3. The molecule has 1 aromatic heterocycles. The fourth-order valence-electron chi connectivity index (χ4n) is 1.01. The van der Waals surface area contributed by atoms with Gasteiger partial charge in [-0.3, -0.25) is 0 Å². The summed E-state index contributed by atoms with van der Waals surface area (Å²) in [5, 5.41) is 8.57. The van der Waals surface area contributed by atoms with Crippen LogP contribution in [0.2, 0.25) is 10.2 Å². The summed E-state index contributed by atoms with van der Waals surface area (Å²) in [6.45, 7) is 0. The second kappa shape index (κ2) is 3.36. The van der Waals surface area contributed by atoms with E-state index in [1.807, 2.05) is 12.1 Å². The molecule has 0 saturated heterocycles. The van der Waals surface area contributed by atoms with E-state index in [2.05, 4.69) is 10.3 Å². The second-order valence-corrected chi connectivity index (χ2v) is 3.27. The molecule has 5 heteroatoms. The van der Waals surface area contributed by atoms with E-state index in [1.165, 1.54) is 10.9 Å². The molecule has 0 bridgehead atoms. The molecule has 2 rings (SSSR count). The average Bonchev–Trinajstić information content (AvgIpc) is 2.51. The molecule has 0 spiro atoms. The predicted molar refractivity (Wildman–Crippen MR) is 51.4 cm³/mol. The van der Waals surface area contributed by atoms with Crippen LogP contribution in [0.1, 0.15) is 0 Å². The van der Waals surface area contributed by atoms with Gasteiger partial charge in [0.2, 0.25) is 0 Å². The maximum atomic E-state index is 5.82. The summed E-state index contributed by atoms with van der Waals surface area (Å²) in [6, 6.07) is 7.24. The van der Waals surface area contributed by atoms with Crippen LogP contribution in [-0.2, 0) is 0 Å². The molecule has 13 heavy (non-hydrogen) atoms. The van der Waals surface area contributed by atoms with Gasteiger partial charge in [0.25, 0.3) is 0 Å². The van der Waals surface area contributed by atoms with Crippen LogP contribution in [0.4, 0.5) is 0 Å². The van der Waals surface area contributed by atoms with Crippen molar-refractivity contribution in [3.63, 3.8) is 0 Å². The van der Waals surface area contributed by atoms with E-state index in [9.17, 15) is 0 Å². The lowest BCUT2D eigenvalue weighted by atomic mass is 10.3. The number of hydrogen-bond donors (Lipinski definition) is 0. The van der Waals surface area contributed by atoms with Gasteiger partial charge < -0.3 is 0 Å². The molecule has 1 aromatic carbocycles. The lowest BCUT2D eigenvalue weighted by Gasteiger charge is -2.00. The molecule has 2 aromatic rings. The monoisotopic (exact) mass is 213 g/mol. The second-order valence-electron chi connectivity index (χ2n) is 2.45. The Morgan fingerprint density at radius 2 is 2.08 bits per heavy atom. The van der Waals surface area contributed by atoms with Crippen LogP contribution >= 0.6 is 23.2 Å². The molecule has 3 nitrogen and oxygen atoms in total. The van der Waals surface area contributed by atoms with Gasteiger partial charge in [0.1, 0.15) is 0 Å². The third-order valence-corrected chi connectivity index (χ3v) is 2.05. The highest BCUT2D eigenvalue weighted by Crippen LogP contribution is 2.17. The van der Waals surface area contributed by atoms with Crippen LogP contribution in [0.5, 0.6) is 0 Å². The summed E-state index contributed by atoms with van der Waals surface area (Å²) in [6.07, 6.45) is 1.47. The van der Waals surface area contributed by atoms with Gasteiger partial charge in [-0.15, -0.1) is 5.10 Å². The van der Waals surface area contributed by atoms with Crippen molar-refractivity contribution in [2.75, 3.05) is 0 Å². The molecule has 0 aliphatic carbocycles. The first-order chi connectivity index (χ1) is 6.27. The molecule has 0 unspecified atom stereocenters. The maximum absolute atomic E-state index is 5.82. The van der Waals surface area contributed by atoms with Crippen molar-refractivity contribution in [3.05, 3.63) is 40.6 Å². The van der Waals surface area contributed by atoms with Crippen LogP contribution in [0.3, 0.4) is 0 Å². The van der Waals surface area contributed by atoms with E-state index in [0.29, 0.717) is 10.2 Å². The van der Waals surface area contributed by atoms with E-state index in [4.69, 9.17) is 23.2 Å². The summed E-state index contributed by atoms with van der Waals surface area (Å²) in [5.74, 6) is 0. The Bertz CT molecular complexity index is 425. The SMILES string of the molecule is Clc1cccc(-n2nncc2Cl)c1. The van der Waals surface area contributed by atoms with E-state index in [-0.39, 0.29) is 0 Å². The Balaban J connectivity index is 2.53. The van der Waals surface area contributed by atoms with E-state index in [0.717, 1.165) is 5.69 Å². The van der Waals surface area contributed by atoms with Crippen molar-refractivity contribution in [1.82, 2.24) is 15.0 Å². The van der Waals surface area contributed by atoms with Gasteiger partial charge in [0, 0.05) is 5.02 Å². The minimum Gasteiger partial charge on any atom is -0.202 e. The largest absolute Gasteiger partial charge is 0.202 e. The number of halogens is 2. The number of nitrogens with zero attached hydrogens (tertiary/aromatic N) is 3. The Labute approximate surface area is 84.9 Å². The zero-order chi connectivity index (χ0) is 9.26. The average molecular weight is 214 g/mol. The lowest BCUT2D eigenvalue weighted by molar-refractivity contribution is 0.804. The van der Waals surface area contributed by atoms with Crippen LogP contribution in [-0.4, -0.2) is 15.0 Å². The van der Waals surface area contributed by atoms with Gasteiger partial charge in [0.05, 0.1) is 11.9 Å². The highest BCUT2D eigenvalue weighted by molar-refractivity contribution is 6.31. The summed E-state index contributed by atoms with van der Waals surface area (Å²) in [7, 11) is 0. The van der Waals surface area contributed by atoms with E-state index < -0.39 is 0 Å². The normalized spacial score (nSPS) is 10.3. The van der Waals surface area contributed by atoms with Crippen LogP contribution in [0.15, 0.2) is 30.5 Å². The molecule has 0 N–H and O–H groups in total. The smallest absolute Gasteiger partial charge is 0.153 e. The topological polar surface area (TPSA) is 30.7 Å². The highest BCUT2D eigenvalue weighted by Gasteiger charge is 2.02. The van der Waals surface area contributed by atoms with Crippen molar-refractivity contribution >= 4 is 23.2 Å². The zero-order valence-corrected chi connectivity index (χ0v) is 8.00. The van der Waals surface area contributed by atoms with Gasteiger partial charge in [-0.1, -0.05) is 34.5 Å². The summed E-state index contributed by atoms with van der Waals surface area (Å²) >= 11 is 11.6. The van der Waals surface area contributed by atoms with Crippen molar-refractivity contribution in [2.24, 2.45) is 0 Å². The standard InChI is InChI=1S/C8H5Cl2N3/c9-6-2-1-3-7(4-6)13-8(10)5-11-12-13/h1-5H. The quantitative estimate of drug-likeness (QED) is 0.730. The Kier molecular flexibility index (Phi) is 2.20. The van der Waals surface area contributed by atoms with E-state index >= 15 is 0 Å². The first-order valence-corrected chi connectivity index (χ1v) is 4.35. The van der Waals surface area contributed by atoms with Gasteiger partial charge in [-0.25, -0.2) is 4.68 Å². The number of hydrogen-bond acceptors (Lipinski definition) is 2. The van der Waals surface area contributed by atoms with Crippen LogP contribution in [0, 0.1) is 0 Å². The molecule has 0 aliphatic rings. The summed E-state index contributed by atoms with van der Waals surface area (Å²) in [5.41, 5.74) is 0.801. The van der Waals surface area contributed by atoms with Crippen molar-refractivity contribution in [2.45, 2.75) is 0 Å². The molecule has 0 radical (unpaired) electrons. The third-order valence-electron chi connectivity index (χ3n) is 1.56. The molecule has 0 aliphatic heterocycles. The van der Waals surface area contributed by atoms with Crippen molar-refractivity contribution < 1.29 is 0 Å². The van der Waals surface area contributed by atoms with Crippen molar-refractivity contribution in [1.29, 1.82) is 0 Å². The zero-order valence-electron chi connectivity index (χ0n) is 6.48. The molecule has 66 valence electrons. The molecule has 1 heterocycles. The molecule has 0 fully saturated rings. The summed E-state index contributed by atoms with van der Waals surface area (Å²) in [4.78, 5) is 0. The van der Waals surface area contributed by atoms with Crippen LogP contribution in [0.25, 0.3) is 5.69 Å². The number of aromatic nitrogens is 3. The molecule has 0 amide bonds. The van der Waals surface area contributed by atoms with Gasteiger partial charge in [-0.05, 0) is 18.2 Å². The fourth-order valence-corrected chi connectivity index (χ4v) is 1.36. The van der Waals surface area contributed by atoms with Gasteiger partial charge in [0.15, 0.2) is 5.15 Å². The fraction of sp³-hybridized carbons (Fsp3) is 0. The minimum atomic E-state index is 0.460. The third kappa shape index (κ3) is 1.66. The Morgan fingerprint density at radius 3 is 2.69 bits per heavy atom. The molecular weight excluding hydrogens is 209 g/mol. The highest BCUT2D eigenvalue weighted by atomic mass is 35.5. The minimum absolute atomic E-state index is 0.460. The summed E-state index contributed by atoms with van der Waals surface area (Å²) < 4.78 is 1.51. The Hall–Kier alpha value is -1.06. The molecule has 0 atom stereocenters. The van der Waals surface area contributed by atoms with E-state index in [1.54, 1.807) is 12.1 Å². The first-order valence-electron chi connectivity index (χ1n) is 3.59. The maximum Gasteiger partial charge on any atom is 0.153 e. The number of rotatable bonds is 1. The predicted octanol–water partition coefficient (Wildman–Crippen LogP) is 2.57. The van der Waals surface area contributed by atoms with Gasteiger partial charge in [-0.2, -0.15) is 0 Å². The number of benzene rings is 1. The van der Waals surface area contributed by atoms with Gasteiger partial charge >= 0.3 is 0 Å². The Morgan fingerprint density at radius 1 is 1.23 bits per heavy atom. The van der Waals surface area contributed by atoms with Crippen molar-refractivity contribution in [3.8, 4) is 5.69 Å². The molecule has 0 saturated carbocycles. The van der Waals surface area contributed by atoms with Crippen LogP contribution < -0.4 is 0 Å². The first kappa shape index (κ1) is 8.53. The lowest BCUT2D eigenvalue weighted by Crippen LogP contribution is -1.95.